The Morgan fingerprint density at radius 1 is 1.09 bits per heavy atom. The van der Waals surface area contributed by atoms with Crippen LogP contribution in [0.1, 0.15) is 19.8 Å². The van der Waals surface area contributed by atoms with E-state index < -0.39 is 61.4 Å². The average molecular weight is 320 g/mol. The van der Waals surface area contributed by atoms with E-state index in [2.05, 4.69) is 10.6 Å². The van der Waals surface area contributed by atoms with Gasteiger partial charge < -0.3 is 35.8 Å². The minimum absolute atomic E-state index is 0.315. The van der Waals surface area contributed by atoms with Gasteiger partial charge in [0, 0.05) is 13.3 Å². The molecular weight excluding hydrogens is 300 g/mol. The van der Waals surface area contributed by atoms with E-state index in [0.717, 1.165) is 0 Å². The summed E-state index contributed by atoms with van der Waals surface area (Å²) in [6.45, 7) is 0.576. The van der Waals surface area contributed by atoms with Crippen molar-refractivity contribution in [1.29, 1.82) is 0 Å². The Balaban J connectivity index is 2.78. The van der Waals surface area contributed by atoms with Crippen LogP contribution in [-0.2, 0) is 19.1 Å². The molecule has 10 heteroatoms. The maximum Gasteiger partial charge on any atom is 0.303 e. The van der Waals surface area contributed by atoms with Crippen LogP contribution in [0, 0.1) is 0 Å². The third-order valence-electron chi connectivity index (χ3n) is 3.17. The zero-order chi connectivity index (χ0) is 16.9. The van der Waals surface area contributed by atoms with Crippen LogP contribution < -0.4 is 10.6 Å². The second-order valence-electron chi connectivity index (χ2n) is 4.95. The molecule has 6 N–H and O–H groups in total. The van der Waals surface area contributed by atoms with Gasteiger partial charge in [-0.15, -0.1) is 0 Å². The molecule has 0 aromatic carbocycles. The summed E-state index contributed by atoms with van der Waals surface area (Å²) in [6, 6.07) is -1.14. The van der Waals surface area contributed by atoms with Crippen molar-refractivity contribution < 1.29 is 39.5 Å². The summed E-state index contributed by atoms with van der Waals surface area (Å²) in [7, 11) is 0. The van der Waals surface area contributed by atoms with Crippen LogP contribution in [0.15, 0.2) is 0 Å². The Morgan fingerprint density at radius 2 is 1.73 bits per heavy atom. The lowest BCUT2D eigenvalue weighted by atomic mass is 9.96. The smallest absolute Gasteiger partial charge is 0.303 e. The first-order valence-corrected chi connectivity index (χ1v) is 6.67. The summed E-state index contributed by atoms with van der Waals surface area (Å²) in [6.07, 6.45) is -5.98. The lowest BCUT2D eigenvalue weighted by Crippen LogP contribution is -2.68. The van der Waals surface area contributed by atoms with E-state index in [1.807, 2.05) is 0 Å². The molecule has 22 heavy (non-hydrogen) atoms. The molecular formula is C12H20N2O8. The van der Waals surface area contributed by atoms with E-state index in [0.29, 0.717) is 0 Å². The van der Waals surface area contributed by atoms with E-state index in [9.17, 15) is 24.6 Å². The number of nitrogens with one attached hydrogen (secondary N) is 2. The van der Waals surface area contributed by atoms with Crippen molar-refractivity contribution in [2.75, 3.05) is 6.61 Å². The van der Waals surface area contributed by atoms with Crippen LogP contribution in [0.2, 0.25) is 0 Å². The van der Waals surface area contributed by atoms with Gasteiger partial charge in [0.05, 0.1) is 13.0 Å². The zero-order valence-corrected chi connectivity index (χ0v) is 11.9. The van der Waals surface area contributed by atoms with Gasteiger partial charge in [0.25, 0.3) is 0 Å². The van der Waals surface area contributed by atoms with Crippen molar-refractivity contribution in [3.05, 3.63) is 0 Å². The number of hydrogen-bond acceptors (Lipinski definition) is 7. The highest BCUT2D eigenvalue weighted by Gasteiger charge is 2.45. The van der Waals surface area contributed by atoms with Gasteiger partial charge in [0.1, 0.15) is 24.4 Å². The van der Waals surface area contributed by atoms with Gasteiger partial charge in [-0.1, -0.05) is 0 Å². The van der Waals surface area contributed by atoms with Crippen LogP contribution >= 0.6 is 0 Å². The monoisotopic (exact) mass is 320 g/mol. The molecule has 0 aromatic rings. The maximum absolute atomic E-state index is 11.7. The van der Waals surface area contributed by atoms with Gasteiger partial charge in [-0.25, -0.2) is 0 Å². The summed E-state index contributed by atoms with van der Waals surface area (Å²) in [5.41, 5.74) is 0. The molecule has 0 bridgehead atoms. The first-order valence-electron chi connectivity index (χ1n) is 6.67. The number of rotatable bonds is 6. The third kappa shape index (κ3) is 4.91. The second-order valence-corrected chi connectivity index (χ2v) is 4.95. The van der Waals surface area contributed by atoms with Crippen molar-refractivity contribution in [2.45, 2.75) is 50.3 Å². The Labute approximate surface area is 126 Å². The molecule has 0 spiro atoms. The second kappa shape index (κ2) is 8.03. The van der Waals surface area contributed by atoms with Crippen LogP contribution in [0.3, 0.4) is 0 Å². The summed E-state index contributed by atoms with van der Waals surface area (Å²) in [4.78, 5) is 33.2. The molecule has 5 atom stereocenters. The average Bonchev–Trinajstić information content (AvgIpc) is 2.44. The Bertz CT molecular complexity index is 429. The normalized spacial score (nSPS) is 31.4. The van der Waals surface area contributed by atoms with E-state index in [4.69, 9.17) is 14.9 Å². The highest BCUT2D eigenvalue weighted by atomic mass is 16.5. The number of aliphatic hydroxyl groups is 3. The molecule has 0 aromatic heterocycles. The molecule has 10 nitrogen and oxygen atoms in total. The van der Waals surface area contributed by atoms with Crippen molar-refractivity contribution >= 4 is 17.8 Å². The summed E-state index contributed by atoms with van der Waals surface area (Å²) in [5, 5.41) is 42.0. The number of ether oxygens (including phenoxy) is 1. The minimum Gasteiger partial charge on any atom is -0.481 e. The molecule has 1 aliphatic heterocycles. The molecule has 0 saturated carbocycles. The zero-order valence-electron chi connectivity index (χ0n) is 11.9. The summed E-state index contributed by atoms with van der Waals surface area (Å²) >= 11 is 0. The molecule has 1 fully saturated rings. The molecule has 1 aliphatic rings. The highest BCUT2D eigenvalue weighted by Crippen LogP contribution is 2.20. The highest BCUT2D eigenvalue weighted by molar-refractivity contribution is 5.81. The Hall–Kier alpha value is -1.75. The first-order chi connectivity index (χ1) is 10.3. The van der Waals surface area contributed by atoms with Crippen LogP contribution in [-0.4, -0.2) is 75.4 Å². The quantitative estimate of drug-likeness (QED) is 0.299. The van der Waals surface area contributed by atoms with Crippen molar-refractivity contribution in [2.24, 2.45) is 0 Å². The number of carboxylic acid groups (broad SMARTS) is 1. The topological polar surface area (TPSA) is 165 Å². The van der Waals surface area contributed by atoms with Gasteiger partial charge in [-0.3, -0.25) is 14.4 Å². The standard InChI is InChI=1S/C12H20N2O8/c1-5(16)13-9-11(21)10(20)6(4-15)22-12(9)14-7(17)2-3-8(18)19/h6,9-12,15,20-21H,2-4H2,1H3,(H,13,16)(H,14,17)(H,18,19)/t6-,9-,10-,11-,12-/m1/s1. The molecule has 0 unspecified atom stereocenters. The predicted molar refractivity (Wildman–Crippen MR) is 70.4 cm³/mol. The number of aliphatic carboxylic acids is 1. The lowest BCUT2D eigenvalue weighted by Gasteiger charge is -2.42. The van der Waals surface area contributed by atoms with Crippen LogP contribution in [0.25, 0.3) is 0 Å². The molecule has 0 aliphatic carbocycles. The lowest BCUT2D eigenvalue weighted by molar-refractivity contribution is -0.203. The molecule has 0 radical (unpaired) electrons. The van der Waals surface area contributed by atoms with Crippen molar-refractivity contribution in [3.8, 4) is 0 Å². The van der Waals surface area contributed by atoms with Gasteiger partial charge >= 0.3 is 5.97 Å². The van der Waals surface area contributed by atoms with Crippen LogP contribution in [0.5, 0.6) is 0 Å². The van der Waals surface area contributed by atoms with Crippen molar-refractivity contribution in [1.82, 2.24) is 10.6 Å². The molecule has 1 heterocycles. The fraction of sp³-hybridized carbons (Fsp3) is 0.750. The largest absolute Gasteiger partial charge is 0.481 e. The SMILES string of the molecule is CC(=O)N[C@@H]1[C@@H](O)[C@H](O)[C@@H](CO)O[C@H]1NC(=O)CCC(=O)O. The number of carbonyl (C=O) groups is 3. The van der Waals surface area contributed by atoms with Gasteiger partial charge in [-0.2, -0.15) is 0 Å². The van der Waals surface area contributed by atoms with Gasteiger partial charge in [0.15, 0.2) is 6.23 Å². The Morgan fingerprint density at radius 3 is 2.23 bits per heavy atom. The van der Waals surface area contributed by atoms with E-state index in [-0.39, 0.29) is 6.42 Å². The summed E-state index contributed by atoms with van der Waals surface area (Å²) < 4.78 is 5.26. The molecule has 126 valence electrons. The van der Waals surface area contributed by atoms with Gasteiger partial charge in [-0.05, 0) is 0 Å². The Kier molecular flexibility index (Phi) is 6.68. The van der Waals surface area contributed by atoms with E-state index in [1.165, 1.54) is 6.92 Å². The molecule has 1 saturated heterocycles. The minimum atomic E-state index is -1.47. The summed E-state index contributed by atoms with van der Waals surface area (Å²) in [5.74, 6) is -2.34. The number of hydrogen-bond donors (Lipinski definition) is 6. The van der Waals surface area contributed by atoms with Crippen LogP contribution in [0.4, 0.5) is 0 Å². The van der Waals surface area contributed by atoms with E-state index in [1.54, 1.807) is 0 Å². The first kappa shape index (κ1) is 18.3. The number of amides is 2. The predicted octanol–water partition coefficient (Wildman–Crippen LogP) is -3.09. The third-order valence-corrected chi connectivity index (χ3v) is 3.17. The van der Waals surface area contributed by atoms with E-state index >= 15 is 0 Å². The fourth-order valence-corrected chi connectivity index (χ4v) is 2.09. The van der Waals surface area contributed by atoms with Crippen molar-refractivity contribution in [3.63, 3.8) is 0 Å². The maximum atomic E-state index is 11.7. The molecule has 1 rings (SSSR count). The number of carbonyl (C=O) groups excluding carboxylic acids is 2. The molecule has 2 amide bonds. The van der Waals surface area contributed by atoms with Gasteiger partial charge in [0.2, 0.25) is 11.8 Å². The number of carboxylic acids is 1. The fourth-order valence-electron chi connectivity index (χ4n) is 2.09. The number of aliphatic hydroxyl groups excluding tert-OH is 3.